The van der Waals surface area contributed by atoms with E-state index in [1.165, 1.54) is 6.92 Å². The van der Waals surface area contributed by atoms with Crippen LogP contribution in [0.2, 0.25) is 0 Å². The van der Waals surface area contributed by atoms with E-state index in [4.69, 9.17) is 10.8 Å². The molecule has 0 fully saturated rings. The van der Waals surface area contributed by atoms with Crippen molar-refractivity contribution in [3.8, 4) is 0 Å². The zero-order chi connectivity index (χ0) is 13.2. The topological polar surface area (TPSA) is 214 Å². The quantitative estimate of drug-likeness (QED) is 0.526. The van der Waals surface area contributed by atoms with Gasteiger partial charge in [-0.15, -0.1) is 24.8 Å². The summed E-state index contributed by atoms with van der Waals surface area (Å²) >= 11 is 0. The number of amidine groups is 1. The van der Waals surface area contributed by atoms with E-state index in [0.29, 0.717) is 6.42 Å². The Kier molecular flexibility index (Phi) is 19.7. The van der Waals surface area contributed by atoms with Gasteiger partial charge in [0.15, 0.2) is 0 Å². The van der Waals surface area contributed by atoms with Gasteiger partial charge in [-0.05, 0) is 12.5 Å². The minimum atomic E-state index is -1.23. The number of halogens is 2. The molecule has 11 heteroatoms. The predicted octanol–water partition coefficient (Wildman–Crippen LogP) is -2.07. The molecule has 0 spiro atoms. The Bertz CT molecular complexity index is 497. The molecule has 0 radical (unpaired) electrons. The third-order valence-corrected chi connectivity index (χ3v) is 2.96. The number of nitrogens with zero attached hydrogens (tertiary/aromatic N) is 1. The van der Waals surface area contributed by atoms with E-state index in [0.717, 1.165) is 30.1 Å². The van der Waals surface area contributed by atoms with Gasteiger partial charge in [0.2, 0.25) is 0 Å². The molecule has 1 aliphatic rings. The molecule has 0 saturated carbocycles. The van der Waals surface area contributed by atoms with Gasteiger partial charge in [0.1, 0.15) is 11.4 Å². The van der Waals surface area contributed by atoms with E-state index in [1.54, 1.807) is 0 Å². The maximum absolute atomic E-state index is 10.9. The Balaban J connectivity index is -0.000000201. The second-order valence-electron chi connectivity index (χ2n) is 4.75. The maximum atomic E-state index is 10.9. The average molecular weight is 392 g/mol. The molecule has 1 aromatic carbocycles. The van der Waals surface area contributed by atoms with Crippen molar-refractivity contribution < 1.29 is 31.8 Å². The van der Waals surface area contributed by atoms with E-state index in [-0.39, 0.29) is 46.7 Å². The number of rotatable bonds is 4. The number of nitrogens with one attached hydrogen (secondary N) is 1. The molecule has 0 unspecified atom stereocenters. The number of carbonyl (C=O) groups is 1. The van der Waals surface area contributed by atoms with Gasteiger partial charge in [-0.1, -0.05) is 24.3 Å². The fourth-order valence-electron chi connectivity index (χ4n) is 1.87. The second kappa shape index (κ2) is 13.9. The molecule has 9 nitrogen and oxygen atoms in total. The molecule has 0 saturated heterocycles. The van der Waals surface area contributed by atoms with Crippen LogP contribution in [0.25, 0.3) is 0 Å². The molecule has 0 bridgehead atoms. The van der Waals surface area contributed by atoms with E-state index in [2.05, 4.69) is 10.3 Å². The molecular weight excluding hydrogens is 365 g/mol. The summed E-state index contributed by atoms with van der Waals surface area (Å²) in [5.74, 6) is -0.0938. The Morgan fingerprint density at radius 1 is 1.21 bits per heavy atom. The van der Waals surface area contributed by atoms with E-state index in [9.17, 15) is 4.79 Å². The molecule has 1 aromatic rings. The summed E-state index contributed by atoms with van der Waals surface area (Å²) in [6.07, 6.45) is 0.308. The summed E-state index contributed by atoms with van der Waals surface area (Å²) in [7, 11) is 0. The van der Waals surface area contributed by atoms with Crippen molar-refractivity contribution in [1.29, 1.82) is 0 Å². The van der Waals surface area contributed by atoms with Crippen molar-refractivity contribution in [2.75, 3.05) is 13.1 Å². The summed E-state index contributed by atoms with van der Waals surface area (Å²) < 4.78 is 0. The summed E-state index contributed by atoms with van der Waals surface area (Å²) in [6.45, 7) is 3.19. The predicted molar refractivity (Wildman–Crippen MR) is 98.7 cm³/mol. The van der Waals surface area contributed by atoms with Crippen molar-refractivity contribution in [3.05, 3.63) is 35.4 Å². The lowest BCUT2D eigenvalue weighted by Gasteiger charge is -2.19. The molecule has 2 rings (SSSR count). The number of aliphatic imine (C=N–C) groups is 1. The number of benzene rings is 1. The zero-order valence-corrected chi connectivity index (χ0v) is 14.8. The van der Waals surface area contributed by atoms with Gasteiger partial charge < -0.3 is 38.1 Å². The number of carboxylic acids is 1. The van der Waals surface area contributed by atoms with Gasteiger partial charge in [0, 0.05) is 18.5 Å². The number of hydrogen-bond acceptors (Lipinski definition) is 4. The first-order valence-electron chi connectivity index (χ1n) is 5.89. The number of carboxylic acid groups (broad SMARTS) is 1. The molecule has 0 amide bonds. The van der Waals surface area contributed by atoms with Crippen LogP contribution in [-0.2, 0) is 11.2 Å². The second-order valence-corrected chi connectivity index (χ2v) is 4.75. The van der Waals surface area contributed by atoms with Crippen LogP contribution in [0.5, 0.6) is 0 Å². The van der Waals surface area contributed by atoms with Crippen LogP contribution in [0.1, 0.15) is 18.1 Å². The SMILES string of the molecule is C[C@@](N)(Cc1ccc(C2=NCCN2)cc1)C(=O)O.Cl.Cl.O.O.O.O. The van der Waals surface area contributed by atoms with Crippen LogP contribution in [0.15, 0.2) is 29.3 Å². The molecule has 144 valence electrons. The van der Waals surface area contributed by atoms with Crippen LogP contribution < -0.4 is 11.1 Å². The largest absolute Gasteiger partial charge is 0.480 e. The molecule has 24 heavy (non-hydrogen) atoms. The Morgan fingerprint density at radius 3 is 2.08 bits per heavy atom. The lowest BCUT2D eigenvalue weighted by atomic mass is 9.93. The smallest absolute Gasteiger partial charge is 0.323 e. The lowest BCUT2D eigenvalue weighted by molar-refractivity contribution is -0.142. The van der Waals surface area contributed by atoms with Gasteiger partial charge in [0.25, 0.3) is 0 Å². The van der Waals surface area contributed by atoms with Crippen LogP contribution >= 0.6 is 24.8 Å². The molecule has 12 N–H and O–H groups in total. The van der Waals surface area contributed by atoms with Crippen LogP contribution in [-0.4, -0.2) is 57.4 Å². The number of nitrogens with two attached hydrogens (primary N) is 1. The van der Waals surface area contributed by atoms with Gasteiger partial charge in [-0.3, -0.25) is 9.79 Å². The van der Waals surface area contributed by atoms with Crippen molar-refractivity contribution in [1.82, 2.24) is 5.32 Å². The molecule has 1 heterocycles. The van der Waals surface area contributed by atoms with Crippen molar-refractivity contribution >= 4 is 36.6 Å². The Morgan fingerprint density at radius 2 is 1.71 bits per heavy atom. The fourth-order valence-corrected chi connectivity index (χ4v) is 1.87. The summed E-state index contributed by atoms with van der Waals surface area (Å²) in [6, 6.07) is 7.66. The van der Waals surface area contributed by atoms with Gasteiger partial charge in [0.05, 0.1) is 6.54 Å². The number of hydrogen-bond donors (Lipinski definition) is 3. The summed E-state index contributed by atoms with van der Waals surface area (Å²) in [5, 5.41) is 12.2. The lowest BCUT2D eigenvalue weighted by Crippen LogP contribution is -2.46. The maximum Gasteiger partial charge on any atom is 0.323 e. The first kappa shape index (κ1) is 34.0. The molecule has 1 atom stereocenters. The van der Waals surface area contributed by atoms with Crippen molar-refractivity contribution in [2.45, 2.75) is 18.9 Å². The zero-order valence-electron chi connectivity index (χ0n) is 13.1. The standard InChI is InChI=1S/C13H17N3O2.2ClH.4H2O/c1-13(14,12(17)18)8-9-2-4-10(5-3-9)11-15-6-7-16-11;;;;;;/h2-5H,6-8,14H2,1H3,(H,15,16)(H,17,18);2*1H;4*1H2/t13-;;;;;;/m1....../s1. The summed E-state index contributed by atoms with van der Waals surface area (Å²) in [4.78, 5) is 15.3. The van der Waals surface area contributed by atoms with E-state index >= 15 is 0 Å². The van der Waals surface area contributed by atoms with Gasteiger partial charge in [-0.25, -0.2) is 0 Å². The molecule has 0 aromatic heterocycles. The summed E-state index contributed by atoms with van der Waals surface area (Å²) in [5.41, 5.74) is 6.41. The van der Waals surface area contributed by atoms with Crippen LogP contribution in [0.3, 0.4) is 0 Å². The molecule has 0 aliphatic carbocycles. The fraction of sp³-hybridized carbons (Fsp3) is 0.385. The van der Waals surface area contributed by atoms with E-state index in [1.807, 2.05) is 24.3 Å². The average Bonchev–Trinajstić information content (AvgIpc) is 2.83. The molecular formula is C13H27Cl2N3O6. The highest BCUT2D eigenvalue weighted by molar-refractivity contribution is 5.99. The third kappa shape index (κ3) is 8.41. The Labute approximate surface area is 152 Å². The molecule has 1 aliphatic heterocycles. The number of aliphatic carboxylic acids is 1. The highest BCUT2D eigenvalue weighted by Crippen LogP contribution is 2.13. The highest BCUT2D eigenvalue weighted by atomic mass is 35.5. The minimum absolute atomic E-state index is 0. The normalized spacial score (nSPS) is 13.3. The minimum Gasteiger partial charge on any atom is -0.480 e. The van der Waals surface area contributed by atoms with Crippen LogP contribution in [0.4, 0.5) is 0 Å². The van der Waals surface area contributed by atoms with Crippen molar-refractivity contribution in [2.24, 2.45) is 10.7 Å². The van der Waals surface area contributed by atoms with Crippen LogP contribution in [0, 0.1) is 0 Å². The van der Waals surface area contributed by atoms with Gasteiger partial charge in [-0.2, -0.15) is 0 Å². The van der Waals surface area contributed by atoms with E-state index < -0.39 is 11.5 Å². The third-order valence-electron chi connectivity index (χ3n) is 2.96. The highest BCUT2D eigenvalue weighted by Gasteiger charge is 2.27. The first-order valence-corrected chi connectivity index (χ1v) is 5.89. The monoisotopic (exact) mass is 391 g/mol. The Hall–Kier alpha value is -1.46. The van der Waals surface area contributed by atoms with Gasteiger partial charge >= 0.3 is 5.97 Å². The first-order chi connectivity index (χ1) is 8.49. The van der Waals surface area contributed by atoms with Crippen molar-refractivity contribution in [3.63, 3.8) is 0 Å².